The van der Waals surface area contributed by atoms with E-state index in [0.717, 1.165) is 0 Å². The summed E-state index contributed by atoms with van der Waals surface area (Å²) in [7, 11) is -3.83. The van der Waals surface area contributed by atoms with Gasteiger partial charge in [-0.25, -0.2) is 8.42 Å². The highest BCUT2D eigenvalue weighted by Gasteiger charge is 2.36. The highest BCUT2D eigenvalue weighted by Crippen LogP contribution is 2.29. The first-order valence-electron chi connectivity index (χ1n) is 9.91. The second-order valence-corrected chi connectivity index (χ2v) is 9.60. The number of anilines is 1. The van der Waals surface area contributed by atoms with Crippen molar-refractivity contribution in [3.05, 3.63) is 47.4 Å². The topological polar surface area (TPSA) is 109 Å². The summed E-state index contributed by atoms with van der Waals surface area (Å²) in [6.07, 6.45) is 2.59. The van der Waals surface area contributed by atoms with Crippen molar-refractivity contribution >= 4 is 39.1 Å². The summed E-state index contributed by atoms with van der Waals surface area (Å²) < 4.78 is 37.7. The van der Waals surface area contributed by atoms with Gasteiger partial charge >= 0.3 is 0 Å². The number of hydrogen-bond acceptors (Lipinski definition) is 6. The van der Waals surface area contributed by atoms with Gasteiger partial charge in [0, 0.05) is 25.3 Å². The van der Waals surface area contributed by atoms with E-state index in [2.05, 4.69) is 5.32 Å². The molecule has 1 aromatic carbocycles. The summed E-state index contributed by atoms with van der Waals surface area (Å²) >= 11 is 6.17. The van der Waals surface area contributed by atoms with Crippen molar-refractivity contribution in [2.75, 3.05) is 38.2 Å². The van der Waals surface area contributed by atoms with Crippen LogP contribution in [0.25, 0.3) is 0 Å². The molecule has 2 aromatic rings. The Kier molecular flexibility index (Phi) is 6.33. The lowest BCUT2D eigenvalue weighted by atomic mass is 10.2. The molecule has 1 unspecified atom stereocenters. The third-order valence-corrected chi connectivity index (χ3v) is 7.72. The molecule has 166 valence electrons. The summed E-state index contributed by atoms with van der Waals surface area (Å²) in [6.45, 7) is 1.54. The molecule has 1 atom stereocenters. The van der Waals surface area contributed by atoms with Crippen LogP contribution in [0, 0.1) is 0 Å². The second-order valence-electron chi connectivity index (χ2n) is 7.28. The number of amides is 2. The van der Waals surface area contributed by atoms with Gasteiger partial charge in [0.15, 0.2) is 5.76 Å². The standard InChI is InChI=1S/C20H22ClN3O6S/c21-15-6-5-14(13-18(15)31(27,28)23-8-11-29-12-9-23)22-19(25)16-3-1-7-24(16)20(26)17-4-2-10-30-17/h2,4-6,10,13,16H,1,3,7-9,11-12H2,(H,22,25). The van der Waals surface area contributed by atoms with Gasteiger partial charge in [0.05, 0.1) is 24.5 Å². The van der Waals surface area contributed by atoms with Crippen LogP contribution in [0.1, 0.15) is 23.4 Å². The molecule has 2 saturated heterocycles. The average molecular weight is 468 g/mol. The molecule has 2 aliphatic heterocycles. The van der Waals surface area contributed by atoms with Gasteiger partial charge in [0.25, 0.3) is 5.91 Å². The molecule has 0 saturated carbocycles. The van der Waals surface area contributed by atoms with E-state index >= 15 is 0 Å². The fourth-order valence-corrected chi connectivity index (χ4v) is 5.66. The van der Waals surface area contributed by atoms with Gasteiger partial charge in [-0.3, -0.25) is 9.59 Å². The highest BCUT2D eigenvalue weighted by molar-refractivity contribution is 7.89. The molecule has 31 heavy (non-hydrogen) atoms. The van der Waals surface area contributed by atoms with Gasteiger partial charge in [-0.05, 0) is 43.2 Å². The van der Waals surface area contributed by atoms with Crippen LogP contribution in [0.4, 0.5) is 5.69 Å². The maximum atomic E-state index is 13.0. The molecule has 3 heterocycles. The van der Waals surface area contributed by atoms with Gasteiger partial charge in [-0.2, -0.15) is 4.31 Å². The smallest absolute Gasteiger partial charge is 0.290 e. The van der Waals surface area contributed by atoms with Crippen molar-refractivity contribution in [2.45, 2.75) is 23.8 Å². The van der Waals surface area contributed by atoms with E-state index in [1.54, 1.807) is 12.1 Å². The van der Waals surface area contributed by atoms with Crippen molar-refractivity contribution in [3.63, 3.8) is 0 Å². The molecule has 0 radical (unpaired) electrons. The molecule has 2 aliphatic rings. The van der Waals surface area contributed by atoms with E-state index in [1.165, 1.54) is 33.7 Å². The molecule has 2 amide bonds. The molecule has 11 heteroatoms. The van der Waals surface area contributed by atoms with Crippen molar-refractivity contribution in [3.8, 4) is 0 Å². The number of nitrogens with zero attached hydrogens (tertiary/aromatic N) is 2. The normalized spacial score (nSPS) is 20.0. The number of rotatable bonds is 5. The number of sulfonamides is 1. The number of benzene rings is 1. The van der Waals surface area contributed by atoms with Crippen LogP contribution >= 0.6 is 11.6 Å². The third kappa shape index (κ3) is 4.47. The van der Waals surface area contributed by atoms with Gasteiger partial charge in [0.1, 0.15) is 10.9 Å². The van der Waals surface area contributed by atoms with Crippen LogP contribution in [0.15, 0.2) is 45.9 Å². The summed E-state index contributed by atoms with van der Waals surface area (Å²) in [6, 6.07) is 6.81. The minimum absolute atomic E-state index is 0.0694. The largest absolute Gasteiger partial charge is 0.459 e. The lowest BCUT2D eigenvalue weighted by molar-refractivity contribution is -0.119. The Morgan fingerprint density at radius 2 is 1.90 bits per heavy atom. The minimum Gasteiger partial charge on any atom is -0.459 e. The number of ether oxygens (including phenoxy) is 1. The summed E-state index contributed by atoms with van der Waals surface area (Å²) in [5, 5.41) is 2.80. The predicted octanol–water partition coefficient (Wildman–Crippen LogP) is 2.20. The average Bonchev–Trinajstić information content (AvgIpc) is 3.47. The Hall–Kier alpha value is -2.40. The molecule has 1 N–H and O–H groups in total. The molecular weight excluding hydrogens is 446 g/mol. The first-order valence-corrected chi connectivity index (χ1v) is 11.7. The van der Waals surface area contributed by atoms with E-state index in [4.69, 9.17) is 20.8 Å². The van der Waals surface area contributed by atoms with Gasteiger partial charge < -0.3 is 19.4 Å². The molecule has 2 fully saturated rings. The van der Waals surface area contributed by atoms with Crippen molar-refractivity contribution in [1.29, 1.82) is 0 Å². The van der Waals surface area contributed by atoms with Crippen LogP contribution in [0.5, 0.6) is 0 Å². The van der Waals surface area contributed by atoms with E-state index < -0.39 is 22.0 Å². The predicted molar refractivity (Wildman–Crippen MR) is 112 cm³/mol. The molecule has 0 aliphatic carbocycles. The van der Waals surface area contributed by atoms with Gasteiger partial charge in [-0.15, -0.1) is 0 Å². The number of carbonyl (C=O) groups is 2. The van der Waals surface area contributed by atoms with Crippen LogP contribution in [-0.2, 0) is 19.6 Å². The Labute approximate surface area is 184 Å². The Morgan fingerprint density at radius 1 is 1.13 bits per heavy atom. The van der Waals surface area contributed by atoms with Crippen LogP contribution in [0.3, 0.4) is 0 Å². The second kappa shape index (κ2) is 8.99. The van der Waals surface area contributed by atoms with Crippen LogP contribution < -0.4 is 5.32 Å². The Balaban J connectivity index is 1.52. The number of nitrogens with one attached hydrogen (secondary N) is 1. The van der Waals surface area contributed by atoms with E-state index in [9.17, 15) is 18.0 Å². The molecule has 9 nitrogen and oxygen atoms in total. The number of likely N-dealkylation sites (tertiary alicyclic amines) is 1. The van der Waals surface area contributed by atoms with Crippen molar-refractivity contribution < 1.29 is 27.2 Å². The lowest BCUT2D eigenvalue weighted by Crippen LogP contribution is -2.43. The van der Waals surface area contributed by atoms with Crippen molar-refractivity contribution in [1.82, 2.24) is 9.21 Å². The number of halogens is 1. The molecule has 0 spiro atoms. The molecular formula is C20H22ClN3O6S. The van der Waals surface area contributed by atoms with Crippen molar-refractivity contribution in [2.24, 2.45) is 0 Å². The van der Waals surface area contributed by atoms with E-state index in [0.29, 0.717) is 38.3 Å². The quantitative estimate of drug-likeness (QED) is 0.722. The maximum Gasteiger partial charge on any atom is 0.290 e. The van der Waals surface area contributed by atoms with Gasteiger partial charge in [0.2, 0.25) is 15.9 Å². The zero-order chi connectivity index (χ0) is 22.0. The van der Waals surface area contributed by atoms with Crippen LogP contribution in [-0.4, -0.2) is 68.3 Å². The lowest BCUT2D eigenvalue weighted by Gasteiger charge is -2.26. The Morgan fingerprint density at radius 3 is 2.61 bits per heavy atom. The zero-order valence-electron chi connectivity index (χ0n) is 16.6. The third-order valence-electron chi connectivity index (χ3n) is 5.33. The SMILES string of the molecule is O=C(Nc1ccc(Cl)c(S(=O)(=O)N2CCOCC2)c1)C1CCCN1C(=O)c1ccco1. The van der Waals surface area contributed by atoms with Gasteiger partial charge in [-0.1, -0.05) is 11.6 Å². The van der Waals surface area contributed by atoms with E-state index in [-0.39, 0.29) is 34.7 Å². The number of furan rings is 1. The maximum absolute atomic E-state index is 13.0. The summed E-state index contributed by atoms with van der Waals surface area (Å²) in [4.78, 5) is 26.9. The number of hydrogen-bond donors (Lipinski definition) is 1. The molecule has 4 rings (SSSR count). The molecule has 1 aromatic heterocycles. The zero-order valence-corrected chi connectivity index (χ0v) is 18.2. The minimum atomic E-state index is -3.83. The fraction of sp³-hybridized carbons (Fsp3) is 0.400. The summed E-state index contributed by atoms with van der Waals surface area (Å²) in [5.41, 5.74) is 0.290. The Bertz CT molecular complexity index is 1070. The van der Waals surface area contributed by atoms with E-state index in [1.807, 2.05) is 0 Å². The van der Waals surface area contributed by atoms with Crippen LogP contribution in [0.2, 0.25) is 5.02 Å². The fourth-order valence-electron chi connectivity index (χ4n) is 3.75. The molecule has 0 bridgehead atoms. The number of carbonyl (C=O) groups excluding carboxylic acids is 2. The first kappa shape index (κ1) is 21.8. The first-order chi connectivity index (χ1) is 14.9. The highest BCUT2D eigenvalue weighted by atomic mass is 35.5. The number of morpholine rings is 1. The summed E-state index contributed by atoms with van der Waals surface area (Å²) in [5.74, 6) is -0.575. The monoisotopic (exact) mass is 467 g/mol.